The molecule has 0 aliphatic heterocycles. The van der Waals surface area contributed by atoms with E-state index in [1.54, 1.807) is 0 Å². The van der Waals surface area contributed by atoms with Crippen molar-refractivity contribution in [2.45, 2.75) is 39.5 Å². The highest BCUT2D eigenvalue weighted by Crippen LogP contribution is 2.10. The van der Waals surface area contributed by atoms with Crippen molar-refractivity contribution < 1.29 is 8.42 Å². The molecule has 2 aromatic rings. The molecule has 0 heterocycles. The van der Waals surface area contributed by atoms with Gasteiger partial charge in [0.1, 0.15) is 0 Å². The number of sulfonamides is 1. The Morgan fingerprint density at radius 2 is 1.53 bits per heavy atom. The predicted octanol–water partition coefficient (Wildman–Crippen LogP) is 3.27. The molecule has 0 fully saturated rings. The van der Waals surface area contributed by atoms with Crippen LogP contribution < -0.4 is 15.4 Å². The van der Waals surface area contributed by atoms with Crippen molar-refractivity contribution in [2.75, 3.05) is 20.1 Å². The Bertz CT molecular complexity index is 908. The number of guanidine groups is 1. The Labute approximate surface area is 198 Å². The van der Waals surface area contributed by atoms with E-state index in [0.29, 0.717) is 6.54 Å². The molecule has 2 rings (SSSR count). The van der Waals surface area contributed by atoms with Crippen LogP contribution in [0.2, 0.25) is 0 Å². The number of hydrogen-bond donors (Lipinski definition) is 3. The Hall–Kier alpha value is -1.65. The molecule has 0 unspecified atom stereocenters. The smallest absolute Gasteiger partial charge is 0.215 e. The topological polar surface area (TPSA) is 82.6 Å². The molecule has 0 radical (unpaired) electrons. The van der Waals surface area contributed by atoms with E-state index in [-0.39, 0.29) is 29.7 Å². The minimum Gasteiger partial charge on any atom is -0.357 e. The van der Waals surface area contributed by atoms with Gasteiger partial charge in [0, 0.05) is 13.1 Å². The third kappa shape index (κ3) is 9.44. The van der Waals surface area contributed by atoms with E-state index < -0.39 is 10.0 Å². The lowest BCUT2D eigenvalue weighted by Gasteiger charge is -2.12. The Balaban J connectivity index is 0.00000450. The van der Waals surface area contributed by atoms with Gasteiger partial charge in [-0.25, -0.2) is 18.1 Å². The van der Waals surface area contributed by atoms with Crippen molar-refractivity contribution in [1.82, 2.24) is 15.4 Å². The summed E-state index contributed by atoms with van der Waals surface area (Å²) in [6.07, 6.45) is 0.932. The van der Waals surface area contributed by atoms with E-state index in [1.807, 2.05) is 31.2 Å². The second-order valence-corrected chi connectivity index (χ2v) is 9.07. The minimum atomic E-state index is -3.25. The van der Waals surface area contributed by atoms with Crippen molar-refractivity contribution >= 4 is 40.0 Å². The van der Waals surface area contributed by atoms with Crippen LogP contribution in [0.25, 0.3) is 0 Å². The summed E-state index contributed by atoms with van der Waals surface area (Å²) in [5.41, 5.74) is 5.67. The number of nitrogens with zero attached hydrogens (tertiary/aromatic N) is 1. The van der Waals surface area contributed by atoms with E-state index in [2.05, 4.69) is 52.4 Å². The molecule has 166 valence electrons. The SMILES string of the molecule is CCNC(=NCc1ccc(CS(=O)(=O)NC)cc1)NCCc1cc(C)cc(C)c1.I. The summed E-state index contributed by atoms with van der Waals surface area (Å²) in [6, 6.07) is 14.1. The molecule has 8 heteroatoms. The van der Waals surface area contributed by atoms with Crippen LogP contribution in [0, 0.1) is 13.8 Å². The maximum absolute atomic E-state index is 11.6. The number of aliphatic imine (C=N–C) groups is 1. The molecule has 0 aliphatic rings. The van der Waals surface area contributed by atoms with Crippen LogP contribution in [0.1, 0.15) is 34.7 Å². The Morgan fingerprint density at radius 3 is 2.10 bits per heavy atom. The van der Waals surface area contributed by atoms with Gasteiger partial charge in [0.25, 0.3) is 0 Å². The van der Waals surface area contributed by atoms with Gasteiger partial charge in [-0.05, 0) is 50.9 Å². The molecule has 0 aromatic heterocycles. The lowest BCUT2D eigenvalue weighted by atomic mass is 10.1. The zero-order valence-corrected chi connectivity index (χ0v) is 21.3. The number of nitrogens with one attached hydrogen (secondary N) is 3. The van der Waals surface area contributed by atoms with E-state index in [9.17, 15) is 8.42 Å². The Morgan fingerprint density at radius 1 is 0.933 bits per heavy atom. The zero-order valence-electron chi connectivity index (χ0n) is 18.2. The van der Waals surface area contributed by atoms with Crippen molar-refractivity contribution in [1.29, 1.82) is 0 Å². The number of rotatable bonds is 9. The second-order valence-electron chi connectivity index (χ2n) is 7.15. The van der Waals surface area contributed by atoms with Gasteiger partial charge in [0.15, 0.2) is 5.96 Å². The largest absolute Gasteiger partial charge is 0.357 e. The fourth-order valence-corrected chi connectivity index (χ4v) is 3.86. The normalized spacial score (nSPS) is 11.7. The van der Waals surface area contributed by atoms with Gasteiger partial charge in [0.2, 0.25) is 10.0 Å². The maximum atomic E-state index is 11.6. The van der Waals surface area contributed by atoms with Crippen LogP contribution in [0.4, 0.5) is 0 Å². The molecule has 3 N–H and O–H groups in total. The van der Waals surface area contributed by atoms with Crippen molar-refractivity contribution in [2.24, 2.45) is 4.99 Å². The quantitative estimate of drug-likeness (QED) is 0.257. The van der Waals surface area contributed by atoms with Gasteiger partial charge in [-0.1, -0.05) is 53.6 Å². The van der Waals surface area contributed by atoms with E-state index in [1.165, 1.54) is 23.7 Å². The monoisotopic (exact) mass is 544 g/mol. The van der Waals surface area contributed by atoms with Gasteiger partial charge in [-0.15, -0.1) is 24.0 Å². The lowest BCUT2D eigenvalue weighted by molar-refractivity contribution is 0.587. The van der Waals surface area contributed by atoms with Crippen LogP contribution in [0.5, 0.6) is 0 Å². The first-order valence-electron chi connectivity index (χ1n) is 9.89. The zero-order chi connectivity index (χ0) is 21.3. The van der Waals surface area contributed by atoms with Crippen LogP contribution in [-0.4, -0.2) is 34.5 Å². The number of halogens is 1. The first-order valence-corrected chi connectivity index (χ1v) is 11.5. The first-order chi connectivity index (χ1) is 13.8. The minimum absolute atomic E-state index is 0. The molecule has 0 amide bonds. The van der Waals surface area contributed by atoms with Gasteiger partial charge < -0.3 is 10.6 Å². The molecule has 0 saturated heterocycles. The van der Waals surface area contributed by atoms with Gasteiger partial charge >= 0.3 is 0 Å². The number of hydrogen-bond acceptors (Lipinski definition) is 3. The summed E-state index contributed by atoms with van der Waals surface area (Å²) in [7, 11) is -1.83. The fraction of sp³-hybridized carbons (Fsp3) is 0.409. The molecule has 0 bridgehead atoms. The van der Waals surface area contributed by atoms with Gasteiger partial charge in [0.05, 0.1) is 12.3 Å². The van der Waals surface area contributed by atoms with Gasteiger partial charge in [-0.3, -0.25) is 0 Å². The summed E-state index contributed by atoms with van der Waals surface area (Å²) in [5, 5.41) is 6.64. The number of benzene rings is 2. The highest BCUT2D eigenvalue weighted by atomic mass is 127. The molecule has 0 aliphatic carbocycles. The standard InChI is InChI=1S/C22H32N4O2S.HI/c1-5-24-22(25-11-10-21-13-17(2)12-18(3)14-21)26-15-19-6-8-20(9-7-19)16-29(27,28)23-4;/h6-9,12-14,23H,5,10-11,15-16H2,1-4H3,(H2,24,25,26);1H. The summed E-state index contributed by atoms with van der Waals surface area (Å²) in [6.45, 7) is 8.39. The predicted molar refractivity (Wildman–Crippen MR) is 136 cm³/mol. The molecular formula is C22H33IN4O2S. The van der Waals surface area contributed by atoms with Crippen molar-refractivity contribution in [3.63, 3.8) is 0 Å². The van der Waals surface area contributed by atoms with Crippen molar-refractivity contribution in [3.05, 3.63) is 70.3 Å². The van der Waals surface area contributed by atoms with Crippen LogP contribution in [0.3, 0.4) is 0 Å². The molecule has 0 spiro atoms. The van der Waals surface area contributed by atoms with E-state index in [0.717, 1.165) is 36.6 Å². The van der Waals surface area contributed by atoms with Gasteiger partial charge in [-0.2, -0.15) is 0 Å². The van der Waals surface area contributed by atoms with Crippen LogP contribution in [-0.2, 0) is 28.7 Å². The highest BCUT2D eigenvalue weighted by molar-refractivity contribution is 14.0. The van der Waals surface area contributed by atoms with Crippen molar-refractivity contribution in [3.8, 4) is 0 Å². The third-order valence-corrected chi connectivity index (χ3v) is 5.78. The first kappa shape index (κ1) is 26.4. The highest BCUT2D eigenvalue weighted by Gasteiger charge is 2.08. The van der Waals surface area contributed by atoms with Crippen LogP contribution in [0.15, 0.2) is 47.5 Å². The average Bonchev–Trinajstić information content (AvgIpc) is 2.66. The molecule has 6 nitrogen and oxygen atoms in total. The molecular weight excluding hydrogens is 511 g/mol. The lowest BCUT2D eigenvalue weighted by Crippen LogP contribution is -2.38. The number of aryl methyl sites for hydroxylation is 2. The molecule has 30 heavy (non-hydrogen) atoms. The molecule has 0 atom stereocenters. The van der Waals surface area contributed by atoms with E-state index in [4.69, 9.17) is 0 Å². The van der Waals surface area contributed by atoms with Crippen LogP contribution >= 0.6 is 24.0 Å². The summed E-state index contributed by atoms with van der Waals surface area (Å²) < 4.78 is 25.6. The second kappa shape index (κ2) is 12.9. The average molecular weight is 545 g/mol. The summed E-state index contributed by atoms with van der Waals surface area (Å²) in [4.78, 5) is 4.63. The maximum Gasteiger partial charge on any atom is 0.215 e. The van der Waals surface area contributed by atoms with E-state index >= 15 is 0 Å². The fourth-order valence-electron chi connectivity index (χ4n) is 3.08. The Kier molecular flexibility index (Phi) is 11.4. The molecule has 0 saturated carbocycles. The third-order valence-electron chi connectivity index (χ3n) is 4.44. The summed E-state index contributed by atoms with van der Waals surface area (Å²) >= 11 is 0. The molecule has 2 aromatic carbocycles. The summed E-state index contributed by atoms with van der Waals surface area (Å²) in [5.74, 6) is 0.758.